The van der Waals surface area contributed by atoms with Crippen molar-refractivity contribution in [3.05, 3.63) is 34.9 Å². The summed E-state index contributed by atoms with van der Waals surface area (Å²) in [5.74, 6) is -0.0869. The van der Waals surface area contributed by atoms with Gasteiger partial charge in [-0.2, -0.15) is 5.26 Å². The van der Waals surface area contributed by atoms with Crippen LogP contribution in [0.2, 0.25) is 5.02 Å². The van der Waals surface area contributed by atoms with Crippen LogP contribution in [0.1, 0.15) is 24.8 Å². The van der Waals surface area contributed by atoms with E-state index < -0.39 is 5.41 Å². The second kappa shape index (κ2) is 4.99. The molecule has 0 saturated heterocycles. The number of carbonyl (C=O) groups is 1. The van der Waals surface area contributed by atoms with Crippen LogP contribution in [0, 0.1) is 16.7 Å². The molecule has 0 spiro atoms. The minimum absolute atomic E-state index is 0.0869. The molecule has 1 saturated carbocycles. The van der Waals surface area contributed by atoms with Crippen molar-refractivity contribution in [3.63, 3.8) is 0 Å². The fourth-order valence-corrected chi connectivity index (χ4v) is 2.42. The molecule has 2 rings (SSSR count). The Morgan fingerprint density at radius 1 is 1.50 bits per heavy atom. The first-order chi connectivity index (χ1) is 8.59. The monoisotopic (exact) mass is 262 g/mol. The second-order valence-electron chi connectivity index (χ2n) is 4.80. The number of nitrogens with zero attached hydrogens (tertiary/aromatic N) is 2. The maximum Gasteiger partial charge on any atom is 0.243 e. The van der Waals surface area contributed by atoms with Gasteiger partial charge in [-0.05, 0) is 30.9 Å². The number of hydrogen-bond acceptors (Lipinski definition) is 2. The SMILES string of the molecule is CN(Cc1ccccc1Cl)C(=O)C1(C#N)CCC1. The fraction of sp³-hybridized carbons (Fsp3) is 0.429. The van der Waals surface area contributed by atoms with Crippen molar-refractivity contribution in [2.75, 3.05) is 7.05 Å². The van der Waals surface area contributed by atoms with Crippen molar-refractivity contribution in [1.82, 2.24) is 4.90 Å². The highest BCUT2D eigenvalue weighted by atomic mass is 35.5. The third kappa shape index (κ3) is 2.21. The molecule has 3 nitrogen and oxygen atoms in total. The first-order valence-corrected chi connectivity index (χ1v) is 6.37. The summed E-state index contributed by atoms with van der Waals surface area (Å²) in [6, 6.07) is 9.62. The summed E-state index contributed by atoms with van der Waals surface area (Å²) in [5.41, 5.74) is 0.123. The lowest BCUT2D eigenvalue weighted by Crippen LogP contribution is -2.45. The molecule has 0 radical (unpaired) electrons. The van der Waals surface area contributed by atoms with Gasteiger partial charge in [0.2, 0.25) is 5.91 Å². The molecule has 94 valence electrons. The van der Waals surface area contributed by atoms with E-state index >= 15 is 0 Å². The van der Waals surface area contributed by atoms with Gasteiger partial charge in [-0.25, -0.2) is 0 Å². The Balaban J connectivity index is 2.09. The average molecular weight is 263 g/mol. The van der Waals surface area contributed by atoms with E-state index in [-0.39, 0.29) is 5.91 Å². The van der Waals surface area contributed by atoms with Gasteiger partial charge in [0.15, 0.2) is 0 Å². The molecule has 4 heteroatoms. The molecule has 0 N–H and O–H groups in total. The standard InChI is InChI=1S/C14H15ClN2O/c1-17(9-11-5-2-3-6-12(11)15)13(18)14(10-16)7-4-8-14/h2-3,5-6H,4,7-9H2,1H3. The van der Waals surface area contributed by atoms with Crippen LogP contribution in [0.25, 0.3) is 0 Å². The number of carbonyl (C=O) groups excluding carboxylic acids is 1. The smallest absolute Gasteiger partial charge is 0.243 e. The molecule has 1 fully saturated rings. The van der Waals surface area contributed by atoms with Crippen molar-refractivity contribution in [2.24, 2.45) is 5.41 Å². The van der Waals surface area contributed by atoms with E-state index in [4.69, 9.17) is 16.9 Å². The largest absolute Gasteiger partial charge is 0.340 e. The predicted molar refractivity (Wildman–Crippen MR) is 69.8 cm³/mol. The minimum Gasteiger partial charge on any atom is -0.340 e. The third-order valence-electron chi connectivity index (χ3n) is 3.54. The zero-order valence-corrected chi connectivity index (χ0v) is 11.1. The Labute approximate surface area is 112 Å². The Kier molecular flexibility index (Phi) is 3.58. The molecular weight excluding hydrogens is 248 g/mol. The van der Waals surface area contributed by atoms with Gasteiger partial charge in [0.1, 0.15) is 5.41 Å². The summed E-state index contributed by atoms with van der Waals surface area (Å²) in [6.45, 7) is 0.446. The van der Waals surface area contributed by atoms with E-state index in [2.05, 4.69) is 6.07 Å². The van der Waals surface area contributed by atoms with Gasteiger partial charge in [0.05, 0.1) is 6.07 Å². The molecule has 0 bridgehead atoms. The molecular formula is C14H15ClN2O. The van der Waals surface area contributed by atoms with E-state index in [1.54, 1.807) is 18.0 Å². The Morgan fingerprint density at radius 2 is 2.17 bits per heavy atom. The van der Waals surface area contributed by atoms with E-state index in [0.29, 0.717) is 24.4 Å². The van der Waals surface area contributed by atoms with Crippen LogP contribution in [-0.2, 0) is 11.3 Å². The van der Waals surface area contributed by atoms with Crippen LogP contribution < -0.4 is 0 Å². The maximum absolute atomic E-state index is 12.3. The molecule has 1 aliphatic rings. The molecule has 1 amide bonds. The zero-order chi connectivity index (χ0) is 13.2. The summed E-state index contributed by atoms with van der Waals surface area (Å²) in [7, 11) is 1.73. The highest BCUT2D eigenvalue weighted by Gasteiger charge is 2.46. The zero-order valence-electron chi connectivity index (χ0n) is 10.3. The van der Waals surface area contributed by atoms with Gasteiger partial charge in [-0.1, -0.05) is 29.8 Å². The van der Waals surface area contributed by atoms with E-state index in [1.807, 2.05) is 18.2 Å². The lowest BCUT2D eigenvalue weighted by atomic mass is 9.69. The number of amides is 1. The second-order valence-corrected chi connectivity index (χ2v) is 5.21. The van der Waals surface area contributed by atoms with Crippen molar-refractivity contribution in [1.29, 1.82) is 5.26 Å². The summed E-state index contributed by atoms with van der Waals surface area (Å²) < 4.78 is 0. The van der Waals surface area contributed by atoms with Crippen molar-refractivity contribution in [2.45, 2.75) is 25.8 Å². The van der Waals surface area contributed by atoms with Gasteiger partial charge in [-0.3, -0.25) is 4.79 Å². The molecule has 0 unspecified atom stereocenters. The topological polar surface area (TPSA) is 44.1 Å². The summed E-state index contributed by atoms with van der Waals surface area (Å²) in [5, 5.41) is 9.80. The van der Waals surface area contributed by atoms with Crippen molar-refractivity contribution < 1.29 is 4.79 Å². The summed E-state index contributed by atoms with van der Waals surface area (Å²) in [6.07, 6.45) is 2.31. The predicted octanol–water partition coefficient (Wildman–Crippen LogP) is 2.99. The van der Waals surface area contributed by atoms with Crippen LogP contribution in [0.3, 0.4) is 0 Å². The van der Waals surface area contributed by atoms with Crippen LogP contribution >= 0.6 is 11.6 Å². The molecule has 1 aromatic carbocycles. The molecule has 18 heavy (non-hydrogen) atoms. The average Bonchev–Trinajstić information content (AvgIpc) is 2.31. The Hall–Kier alpha value is -1.53. The number of rotatable bonds is 3. The Morgan fingerprint density at radius 3 is 2.67 bits per heavy atom. The van der Waals surface area contributed by atoms with Gasteiger partial charge < -0.3 is 4.90 Å². The number of benzene rings is 1. The van der Waals surface area contributed by atoms with Crippen LogP contribution in [0.5, 0.6) is 0 Å². The fourth-order valence-electron chi connectivity index (χ4n) is 2.22. The van der Waals surface area contributed by atoms with Crippen molar-refractivity contribution >= 4 is 17.5 Å². The van der Waals surface area contributed by atoms with Crippen LogP contribution in [-0.4, -0.2) is 17.9 Å². The van der Waals surface area contributed by atoms with Crippen LogP contribution in [0.4, 0.5) is 0 Å². The van der Waals surface area contributed by atoms with Crippen molar-refractivity contribution in [3.8, 4) is 6.07 Å². The minimum atomic E-state index is -0.782. The maximum atomic E-state index is 12.3. The molecule has 0 aliphatic heterocycles. The highest BCUT2D eigenvalue weighted by molar-refractivity contribution is 6.31. The lowest BCUT2D eigenvalue weighted by molar-refractivity contribution is -0.142. The quantitative estimate of drug-likeness (QED) is 0.841. The van der Waals surface area contributed by atoms with Gasteiger partial charge >= 0.3 is 0 Å². The molecule has 0 aromatic heterocycles. The lowest BCUT2D eigenvalue weighted by Gasteiger charge is -2.36. The number of nitriles is 1. The molecule has 0 atom stereocenters. The molecule has 1 aliphatic carbocycles. The van der Waals surface area contributed by atoms with Gasteiger partial charge in [-0.15, -0.1) is 0 Å². The van der Waals surface area contributed by atoms with E-state index in [1.165, 1.54) is 0 Å². The summed E-state index contributed by atoms with van der Waals surface area (Å²) in [4.78, 5) is 13.9. The Bertz CT molecular complexity index is 503. The van der Waals surface area contributed by atoms with Gasteiger partial charge in [0.25, 0.3) is 0 Å². The van der Waals surface area contributed by atoms with Gasteiger partial charge in [0, 0.05) is 18.6 Å². The highest BCUT2D eigenvalue weighted by Crippen LogP contribution is 2.41. The normalized spacial score (nSPS) is 16.5. The van der Waals surface area contributed by atoms with Crippen LogP contribution in [0.15, 0.2) is 24.3 Å². The molecule has 1 aromatic rings. The molecule has 0 heterocycles. The first kappa shape index (κ1) is 12.9. The third-order valence-corrected chi connectivity index (χ3v) is 3.91. The number of hydrogen-bond donors (Lipinski definition) is 0. The van der Waals surface area contributed by atoms with E-state index in [9.17, 15) is 4.79 Å². The van der Waals surface area contributed by atoms with E-state index in [0.717, 1.165) is 12.0 Å². The first-order valence-electron chi connectivity index (χ1n) is 5.99. The summed E-state index contributed by atoms with van der Waals surface area (Å²) >= 11 is 6.07. The number of halogens is 1.